The first-order valence-electron chi connectivity index (χ1n) is 10.7. The molecule has 0 saturated heterocycles. The summed E-state index contributed by atoms with van der Waals surface area (Å²) in [5.74, 6) is -2.19. The number of imide groups is 1. The van der Waals surface area contributed by atoms with Gasteiger partial charge in [0.25, 0.3) is 11.8 Å². The van der Waals surface area contributed by atoms with Crippen molar-refractivity contribution in [1.29, 1.82) is 0 Å². The Hall–Kier alpha value is -4.31. The number of esters is 1. The van der Waals surface area contributed by atoms with Crippen LogP contribution in [0, 0.1) is 6.92 Å². The lowest BCUT2D eigenvalue weighted by molar-refractivity contribution is -0.119. The van der Waals surface area contributed by atoms with Gasteiger partial charge >= 0.3 is 5.97 Å². The third-order valence-corrected chi connectivity index (χ3v) is 6.86. The van der Waals surface area contributed by atoms with E-state index in [-0.39, 0.29) is 33.9 Å². The molecule has 1 N–H and O–H groups in total. The molecule has 0 aliphatic carbocycles. The molecule has 9 nitrogen and oxygen atoms in total. The highest BCUT2D eigenvalue weighted by Crippen LogP contribution is 2.41. The molecule has 10 heteroatoms. The maximum Gasteiger partial charge on any atom is 0.342 e. The van der Waals surface area contributed by atoms with Crippen LogP contribution in [0.4, 0.5) is 5.88 Å². The van der Waals surface area contributed by atoms with Crippen LogP contribution in [0.15, 0.2) is 52.9 Å². The Bertz CT molecular complexity index is 1470. The van der Waals surface area contributed by atoms with E-state index in [9.17, 15) is 19.2 Å². The Morgan fingerprint density at radius 3 is 2.31 bits per heavy atom. The number of hydrogen-bond acceptors (Lipinski definition) is 8. The lowest BCUT2D eigenvalue weighted by Crippen LogP contribution is -2.45. The summed E-state index contributed by atoms with van der Waals surface area (Å²) in [5.41, 5.74) is 1.62. The molecule has 1 unspecified atom stereocenters. The second-order valence-corrected chi connectivity index (χ2v) is 8.94. The highest BCUT2D eigenvalue weighted by atomic mass is 32.1. The average Bonchev–Trinajstić information content (AvgIpc) is 3.50. The van der Waals surface area contributed by atoms with Crippen LogP contribution in [0.5, 0.6) is 0 Å². The van der Waals surface area contributed by atoms with Crippen LogP contribution in [0.3, 0.4) is 0 Å². The van der Waals surface area contributed by atoms with Gasteiger partial charge in [-0.05, 0) is 38.1 Å². The number of amides is 3. The average molecular weight is 490 g/mol. The Balaban J connectivity index is 1.52. The second kappa shape index (κ2) is 8.48. The van der Waals surface area contributed by atoms with Gasteiger partial charge < -0.3 is 9.15 Å². The molecule has 0 bridgehead atoms. The van der Waals surface area contributed by atoms with Crippen molar-refractivity contribution in [3.63, 3.8) is 0 Å². The van der Waals surface area contributed by atoms with Crippen molar-refractivity contribution in [2.75, 3.05) is 12.4 Å². The molecule has 1 atom stereocenters. The highest BCUT2D eigenvalue weighted by molar-refractivity contribution is 7.21. The number of methoxy groups -OCH3 is 1. The number of carbonyl (C=O) groups is 4. The van der Waals surface area contributed by atoms with Gasteiger partial charge in [-0.25, -0.2) is 9.78 Å². The number of para-hydroxylation sites is 1. The van der Waals surface area contributed by atoms with Gasteiger partial charge in [0.2, 0.25) is 11.8 Å². The molecule has 5 rings (SSSR count). The number of carbonyl (C=O) groups excluding carboxylic acids is 4. The van der Waals surface area contributed by atoms with E-state index >= 15 is 0 Å². The monoisotopic (exact) mass is 489 g/mol. The summed E-state index contributed by atoms with van der Waals surface area (Å²) in [6.45, 7) is 3.03. The van der Waals surface area contributed by atoms with Crippen molar-refractivity contribution in [2.45, 2.75) is 19.9 Å². The summed E-state index contributed by atoms with van der Waals surface area (Å²) in [6, 6.07) is 12.7. The molecule has 2 aromatic heterocycles. The maximum absolute atomic E-state index is 13.2. The second-order valence-electron chi connectivity index (χ2n) is 7.91. The number of ether oxygens (including phenoxy) is 1. The minimum absolute atomic E-state index is 0.0181. The number of aryl methyl sites for hydroxylation is 1. The fourth-order valence-corrected chi connectivity index (χ4v) is 5.07. The van der Waals surface area contributed by atoms with Gasteiger partial charge in [0.15, 0.2) is 0 Å². The molecule has 1 aliphatic heterocycles. The number of furan rings is 1. The van der Waals surface area contributed by atoms with E-state index in [0.717, 1.165) is 15.1 Å². The largest absolute Gasteiger partial charge is 0.465 e. The number of fused-ring (bicyclic) bond motifs is 2. The molecule has 1 aliphatic rings. The fourth-order valence-electron chi connectivity index (χ4n) is 4.06. The van der Waals surface area contributed by atoms with Crippen LogP contribution >= 0.6 is 11.3 Å². The summed E-state index contributed by atoms with van der Waals surface area (Å²) < 4.78 is 11.6. The lowest BCUT2D eigenvalue weighted by Gasteiger charge is -2.21. The van der Waals surface area contributed by atoms with Crippen LogP contribution < -0.4 is 5.32 Å². The highest BCUT2D eigenvalue weighted by Gasteiger charge is 2.41. The van der Waals surface area contributed by atoms with Gasteiger partial charge in [-0.2, -0.15) is 0 Å². The predicted octanol–water partition coefficient (Wildman–Crippen LogP) is 4.27. The smallest absolute Gasteiger partial charge is 0.342 e. The third-order valence-electron chi connectivity index (χ3n) is 5.81. The first kappa shape index (κ1) is 22.5. The number of nitrogens with one attached hydrogen (secondary N) is 1. The van der Waals surface area contributed by atoms with Crippen molar-refractivity contribution in [1.82, 2.24) is 9.88 Å². The lowest BCUT2D eigenvalue weighted by atomic mass is 10.1. The minimum atomic E-state index is -1.14. The number of thiazole rings is 1. The van der Waals surface area contributed by atoms with Crippen molar-refractivity contribution in [2.24, 2.45) is 0 Å². The Kier molecular flexibility index (Phi) is 5.45. The molecule has 0 radical (unpaired) electrons. The van der Waals surface area contributed by atoms with E-state index in [1.165, 1.54) is 25.4 Å². The predicted molar refractivity (Wildman–Crippen MR) is 128 cm³/mol. The number of anilines is 1. The van der Waals surface area contributed by atoms with E-state index in [1.807, 2.05) is 24.3 Å². The normalized spacial score (nSPS) is 13.7. The van der Waals surface area contributed by atoms with Crippen molar-refractivity contribution in [3.8, 4) is 10.6 Å². The van der Waals surface area contributed by atoms with E-state index in [0.29, 0.717) is 5.01 Å². The van der Waals surface area contributed by atoms with Crippen molar-refractivity contribution in [3.05, 3.63) is 71.0 Å². The number of hydrogen-bond donors (Lipinski definition) is 1. The molecule has 3 amide bonds. The molecule has 2 aromatic carbocycles. The Morgan fingerprint density at radius 1 is 1.06 bits per heavy atom. The molecule has 35 heavy (non-hydrogen) atoms. The Labute approximate surface area is 203 Å². The topological polar surface area (TPSA) is 119 Å². The Morgan fingerprint density at radius 2 is 1.69 bits per heavy atom. The zero-order chi connectivity index (χ0) is 24.9. The number of nitrogens with zero attached hydrogens (tertiary/aromatic N) is 2. The molecule has 4 aromatic rings. The van der Waals surface area contributed by atoms with E-state index in [1.54, 1.807) is 31.2 Å². The van der Waals surface area contributed by atoms with E-state index in [2.05, 4.69) is 10.3 Å². The molecular formula is C25H19N3O6S. The molecule has 0 saturated carbocycles. The van der Waals surface area contributed by atoms with Crippen LogP contribution in [-0.2, 0) is 9.53 Å². The molecular weight excluding hydrogens is 470 g/mol. The summed E-state index contributed by atoms with van der Waals surface area (Å²) in [4.78, 5) is 56.9. The molecule has 176 valence electrons. The van der Waals surface area contributed by atoms with Gasteiger partial charge in [0, 0.05) is 0 Å². The summed E-state index contributed by atoms with van der Waals surface area (Å²) in [7, 11) is 1.25. The standard InChI is InChI=1S/C25H19N3O6S/c1-12(28-23(30)14-8-4-5-9-15(14)24(28)31)20(29)27-21-19(18(13(2)34-21)25(32)33-3)22-26-16-10-6-7-11-17(16)35-22/h4-12H,1-3H3,(H,27,29). The van der Waals surface area contributed by atoms with Gasteiger partial charge in [-0.3, -0.25) is 24.6 Å². The molecule has 0 fully saturated rings. The zero-order valence-electron chi connectivity index (χ0n) is 18.9. The molecule has 3 heterocycles. The van der Waals surface area contributed by atoms with Crippen molar-refractivity contribution >= 4 is 51.1 Å². The summed E-state index contributed by atoms with van der Waals surface area (Å²) in [6.07, 6.45) is 0. The number of rotatable bonds is 5. The first-order chi connectivity index (χ1) is 16.8. The quantitative estimate of drug-likeness (QED) is 0.328. The van der Waals surface area contributed by atoms with Crippen LogP contribution in [0.1, 0.15) is 43.8 Å². The van der Waals surface area contributed by atoms with Gasteiger partial charge in [0.05, 0.1) is 34.0 Å². The fraction of sp³-hybridized carbons (Fsp3) is 0.160. The molecule has 0 spiro atoms. The summed E-state index contributed by atoms with van der Waals surface area (Å²) in [5, 5.41) is 3.10. The van der Waals surface area contributed by atoms with E-state index in [4.69, 9.17) is 9.15 Å². The summed E-state index contributed by atoms with van der Waals surface area (Å²) >= 11 is 1.32. The number of aromatic nitrogens is 1. The SMILES string of the molecule is COC(=O)c1c(C)oc(NC(=O)C(C)N2C(=O)c3ccccc3C2=O)c1-c1nc2ccccc2s1. The first-order valence-corrected chi connectivity index (χ1v) is 11.5. The van der Waals surface area contributed by atoms with Crippen molar-refractivity contribution < 1.29 is 28.3 Å². The van der Waals surface area contributed by atoms with Crippen LogP contribution in [-0.4, -0.2) is 46.7 Å². The minimum Gasteiger partial charge on any atom is -0.465 e. The van der Waals surface area contributed by atoms with Gasteiger partial charge in [0.1, 0.15) is 22.4 Å². The van der Waals surface area contributed by atoms with Gasteiger partial charge in [-0.15, -0.1) is 11.3 Å². The van der Waals surface area contributed by atoms with Gasteiger partial charge in [-0.1, -0.05) is 24.3 Å². The zero-order valence-corrected chi connectivity index (χ0v) is 19.8. The van der Waals surface area contributed by atoms with E-state index < -0.39 is 29.7 Å². The van der Waals surface area contributed by atoms with Crippen LogP contribution in [0.2, 0.25) is 0 Å². The number of benzene rings is 2. The van der Waals surface area contributed by atoms with Crippen LogP contribution in [0.25, 0.3) is 20.8 Å². The third kappa shape index (κ3) is 3.58. The maximum atomic E-state index is 13.2.